The standard InChI is InChI=1S/C20H23F3N2O3/c1-25(12-14-4-7-16(8-5-14)20(21,22)23)13-19(26)24-11-15-6-9-17(27-2)18(10-15)28-3/h4-10H,11-13H2,1-3H3,(H,24,26)/p+1. The molecule has 0 saturated carbocycles. The number of ether oxygens (including phenoxy) is 2. The molecule has 8 heteroatoms. The maximum absolute atomic E-state index is 12.6. The second kappa shape index (κ2) is 9.45. The van der Waals surface area contributed by atoms with Crippen LogP contribution in [0.5, 0.6) is 11.5 Å². The number of amides is 1. The molecular formula is C20H24F3N2O3+. The molecule has 2 rings (SSSR count). The largest absolute Gasteiger partial charge is 0.493 e. The fraction of sp³-hybridized carbons (Fsp3) is 0.350. The van der Waals surface area contributed by atoms with Gasteiger partial charge in [-0.05, 0) is 29.8 Å². The third-order valence-corrected chi connectivity index (χ3v) is 4.19. The fourth-order valence-electron chi connectivity index (χ4n) is 2.75. The van der Waals surface area contributed by atoms with Crippen molar-refractivity contribution in [1.82, 2.24) is 5.32 Å². The molecule has 0 aliphatic rings. The molecule has 152 valence electrons. The monoisotopic (exact) mass is 397 g/mol. The van der Waals surface area contributed by atoms with Crippen molar-refractivity contribution in [2.24, 2.45) is 0 Å². The summed E-state index contributed by atoms with van der Waals surface area (Å²) in [6.07, 6.45) is -4.35. The molecule has 1 unspecified atom stereocenters. The average Bonchev–Trinajstić information content (AvgIpc) is 2.65. The van der Waals surface area contributed by atoms with Crippen LogP contribution in [0.2, 0.25) is 0 Å². The molecule has 0 saturated heterocycles. The number of rotatable bonds is 8. The van der Waals surface area contributed by atoms with E-state index in [1.807, 2.05) is 13.1 Å². The van der Waals surface area contributed by atoms with Crippen LogP contribution in [-0.2, 0) is 24.1 Å². The first-order valence-electron chi connectivity index (χ1n) is 8.68. The number of carbonyl (C=O) groups is 1. The zero-order valence-corrected chi connectivity index (χ0v) is 16.0. The molecule has 5 nitrogen and oxygen atoms in total. The Morgan fingerprint density at radius 2 is 1.61 bits per heavy atom. The summed E-state index contributed by atoms with van der Waals surface area (Å²) in [6, 6.07) is 10.4. The Hall–Kier alpha value is -2.74. The van der Waals surface area contributed by atoms with E-state index in [9.17, 15) is 18.0 Å². The van der Waals surface area contributed by atoms with Crippen LogP contribution in [0.3, 0.4) is 0 Å². The first kappa shape index (κ1) is 21.6. The maximum atomic E-state index is 12.6. The quantitative estimate of drug-likeness (QED) is 0.717. The van der Waals surface area contributed by atoms with Crippen LogP contribution in [-0.4, -0.2) is 33.7 Å². The smallest absolute Gasteiger partial charge is 0.416 e. The van der Waals surface area contributed by atoms with Crippen molar-refractivity contribution in [3.05, 3.63) is 59.2 Å². The number of hydrogen-bond donors (Lipinski definition) is 2. The van der Waals surface area contributed by atoms with Gasteiger partial charge in [0.15, 0.2) is 18.0 Å². The van der Waals surface area contributed by atoms with Gasteiger partial charge in [0.25, 0.3) is 5.91 Å². The van der Waals surface area contributed by atoms with E-state index >= 15 is 0 Å². The minimum absolute atomic E-state index is 0.154. The Balaban J connectivity index is 1.84. The predicted octanol–water partition coefficient (Wildman–Crippen LogP) is 2.05. The molecule has 1 amide bonds. The Morgan fingerprint density at radius 1 is 1.00 bits per heavy atom. The first-order chi connectivity index (χ1) is 13.2. The molecule has 28 heavy (non-hydrogen) atoms. The molecule has 0 bridgehead atoms. The lowest BCUT2D eigenvalue weighted by molar-refractivity contribution is -0.885. The first-order valence-corrected chi connectivity index (χ1v) is 8.68. The van der Waals surface area contributed by atoms with E-state index in [0.717, 1.165) is 28.2 Å². The molecule has 2 aromatic rings. The van der Waals surface area contributed by atoms with Gasteiger partial charge in [-0.2, -0.15) is 13.2 Å². The van der Waals surface area contributed by atoms with Crippen molar-refractivity contribution >= 4 is 5.91 Å². The number of carbonyl (C=O) groups excluding carboxylic acids is 1. The van der Waals surface area contributed by atoms with Crippen molar-refractivity contribution in [2.45, 2.75) is 19.3 Å². The van der Waals surface area contributed by atoms with E-state index in [4.69, 9.17) is 9.47 Å². The molecule has 0 heterocycles. The number of benzene rings is 2. The number of likely N-dealkylation sites (N-methyl/N-ethyl adjacent to an activating group) is 1. The van der Waals surface area contributed by atoms with Gasteiger partial charge in [-0.3, -0.25) is 4.79 Å². The lowest BCUT2D eigenvalue weighted by atomic mass is 10.1. The molecule has 0 spiro atoms. The highest BCUT2D eigenvalue weighted by Gasteiger charge is 2.30. The van der Waals surface area contributed by atoms with Gasteiger partial charge in [-0.1, -0.05) is 18.2 Å². The van der Waals surface area contributed by atoms with Crippen LogP contribution in [0.15, 0.2) is 42.5 Å². The molecule has 0 aromatic heterocycles. The van der Waals surface area contributed by atoms with Crippen molar-refractivity contribution in [3.8, 4) is 11.5 Å². The SMILES string of the molecule is COc1ccc(CNC(=O)C[NH+](C)Cc2ccc(C(F)(F)F)cc2)cc1OC. The molecule has 0 aliphatic carbocycles. The lowest BCUT2D eigenvalue weighted by Crippen LogP contribution is -3.08. The number of methoxy groups -OCH3 is 2. The highest BCUT2D eigenvalue weighted by molar-refractivity contribution is 5.76. The van der Waals surface area contributed by atoms with E-state index in [2.05, 4.69) is 5.32 Å². The van der Waals surface area contributed by atoms with Crippen LogP contribution in [0.25, 0.3) is 0 Å². The van der Waals surface area contributed by atoms with Gasteiger partial charge in [0.1, 0.15) is 6.54 Å². The Morgan fingerprint density at radius 3 is 2.18 bits per heavy atom. The number of nitrogens with one attached hydrogen (secondary N) is 2. The Kier molecular flexibility index (Phi) is 7.28. The van der Waals surface area contributed by atoms with Gasteiger partial charge in [-0.15, -0.1) is 0 Å². The van der Waals surface area contributed by atoms with Crippen molar-refractivity contribution < 1.29 is 32.3 Å². The Labute approximate surface area is 162 Å². The molecule has 2 aromatic carbocycles. The van der Waals surface area contributed by atoms with Gasteiger partial charge in [-0.25, -0.2) is 0 Å². The summed E-state index contributed by atoms with van der Waals surface area (Å²) in [5.41, 5.74) is 0.922. The van der Waals surface area contributed by atoms with Gasteiger partial charge in [0, 0.05) is 12.1 Å². The highest BCUT2D eigenvalue weighted by Crippen LogP contribution is 2.29. The van der Waals surface area contributed by atoms with Gasteiger partial charge >= 0.3 is 6.18 Å². The molecule has 0 fully saturated rings. The third kappa shape index (κ3) is 6.16. The summed E-state index contributed by atoms with van der Waals surface area (Å²) in [7, 11) is 4.90. The minimum atomic E-state index is -4.35. The second-order valence-electron chi connectivity index (χ2n) is 6.47. The number of hydrogen-bond acceptors (Lipinski definition) is 3. The van der Waals surface area contributed by atoms with Crippen LogP contribution in [0, 0.1) is 0 Å². The number of alkyl halides is 3. The third-order valence-electron chi connectivity index (χ3n) is 4.19. The summed E-state index contributed by atoms with van der Waals surface area (Å²) < 4.78 is 48.2. The van der Waals surface area contributed by atoms with Gasteiger partial charge < -0.3 is 19.7 Å². The van der Waals surface area contributed by atoms with E-state index in [1.165, 1.54) is 12.1 Å². The second-order valence-corrected chi connectivity index (χ2v) is 6.47. The highest BCUT2D eigenvalue weighted by atomic mass is 19.4. The van der Waals surface area contributed by atoms with E-state index < -0.39 is 11.7 Å². The van der Waals surface area contributed by atoms with Crippen LogP contribution < -0.4 is 19.7 Å². The van der Waals surface area contributed by atoms with Crippen LogP contribution in [0.1, 0.15) is 16.7 Å². The summed E-state index contributed by atoms with van der Waals surface area (Å²) >= 11 is 0. The molecule has 1 atom stereocenters. The summed E-state index contributed by atoms with van der Waals surface area (Å²) in [5.74, 6) is 1.04. The van der Waals surface area contributed by atoms with E-state index in [1.54, 1.807) is 26.4 Å². The lowest BCUT2D eigenvalue weighted by Gasteiger charge is -2.15. The average molecular weight is 397 g/mol. The maximum Gasteiger partial charge on any atom is 0.416 e. The molecule has 0 radical (unpaired) electrons. The summed E-state index contributed by atoms with van der Waals surface area (Å²) in [6.45, 7) is 0.989. The predicted molar refractivity (Wildman–Crippen MR) is 98.3 cm³/mol. The molecule has 2 N–H and O–H groups in total. The zero-order chi connectivity index (χ0) is 20.7. The molecular weight excluding hydrogens is 373 g/mol. The fourth-order valence-corrected chi connectivity index (χ4v) is 2.75. The molecule has 0 aliphatic heterocycles. The Bertz CT molecular complexity index is 792. The van der Waals surface area contributed by atoms with Crippen molar-refractivity contribution in [2.75, 3.05) is 27.8 Å². The minimum Gasteiger partial charge on any atom is -0.493 e. The zero-order valence-electron chi connectivity index (χ0n) is 16.0. The summed E-state index contributed by atoms with van der Waals surface area (Å²) in [4.78, 5) is 13.0. The van der Waals surface area contributed by atoms with Crippen LogP contribution >= 0.6 is 0 Å². The van der Waals surface area contributed by atoms with E-state index in [0.29, 0.717) is 24.6 Å². The number of quaternary nitrogens is 1. The normalized spacial score (nSPS) is 12.4. The van der Waals surface area contributed by atoms with E-state index in [-0.39, 0.29) is 12.5 Å². The summed E-state index contributed by atoms with van der Waals surface area (Å²) in [5, 5.41) is 2.83. The topological polar surface area (TPSA) is 52.0 Å². The van der Waals surface area contributed by atoms with Gasteiger partial charge in [0.05, 0.1) is 26.8 Å². The van der Waals surface area contributed by atoms with Gasteiger partial charge in [0.2, 0.25) is 0 Å². The van der Waals surface area contributed by atoms with Crippen LogP contribution in [0.4, 0.5) is 13.2 Å². The van der Waals surface area contributed by atoms with Crippen molar-refractivity contribution in [3.63, 3.8) is 0 Å². The van der Waals surface area contributed by atoms with Crippen molar-refractivity contribution in [1.29, 1.82) is 0 Å². The number of halogens is 3.